The molecule has 16 heavy (non-hydrogen) atoms. The number of aryl methyl sites for hydroxylation is 1. The van der Waals surface area contributed by atoms with Crippen LogP contribution in [-0.4, -0.2) is 24.9 Å². The summed E-state index contributed by atoms with van der Waals surface area (Å²) in [4.78, 5) is 0. The molecule has 0 atom stereocenters. The number of halogens is 1. The summed E-state index contributed by atoms with van der Waals surface area (Å²) in [7, 11) is 0. The first-order valence-corrected chi connectivity index (χ1v) is 5.31. The molecule has 0 aliphatic carbocycles. The van der Waals surface area contributed by atoms with Crippen molar-refractivity contribution in [3.63, 3.8) is 0 Å². The van der Waals surface area contributed by atoms with Gasteiger partial charge in [0, 0.05) is 5.56 Å². The molecule has 0 fully saturated rings. The molecule has 2 heterocycles. The van der Waals surface area contributed by atoms with E-state index in [2.05, 4.69) is 15.3 Å². The Morgan fingerprint density at radius 2 is 1.81 bits per heavy atom. The van der Waals surface area contributed by atoms with Crippen LogP contribution in [-0.2, 0) is 5.60 Å². The molecule has 0 bridgehead atoms. The van der Waals surface area contributed by atoms with Crippen molar-refractivity contribution in [2.24, 2.45) is 0 Å². The first-order valence-electron chi connectivity index (χ1n) is 4.93. The zero-order valence-electron chi connectivity index (χ0n) is 9.61. The summed E-state index contributed by atoms with van der Waals surface area (Å²) in [6, 6.07) is 0. The van der Waals surface area contributed by atoms with Crippen LogP contribution in [0.1, 0.15) is 30.8 Å². The molecule has 0 aliphatic heterocycles. The third-order valence-corrected chi connectivity index (χ3v) is 2.94. The molecule has 6 heteroatoms. The van der Waals surface area contributed by atoms with Crippen LogP contribution >= 0.6 is 11.6 Å². The zero-order chi connectivity index (χ0) is 12.1. The van der Waals surface area contributed by atoms with Crippen LogP contribution in [0.5, 0.6) is 0 Å². The molecule has 86 valence electrons. The van der Waals surface area contributed by atoms with Gasteiger partial charge in [0.2, 0.25) is 0 Å². The van der Waals surface area contributed by atoms with E-state index in [0.717, 1.165) is 11.1 Å². The molecule has 5 nitrogen and oxygen atoms in total. The van der Waals surface area contributed by atoms with Crippen LogP contribution < -0.4 is 0 Å². The minimum atomic E-state index is -1.10. The Hall–Kier alpha value is -1.20. The van der Waals surface area contributed by atoms with Gasteiger partial charge in [-0.05, 0) is 33.3 Å². The smallest absolute Gasteiger partial charge is 0.185 e. The number of aliphatic hydroxyl groups is 1. The largest absolute Gasteiger partial charge is 0.382 e. The van der Waals surface area contributed by atoms with Crippen LogP contribution in [0.15, 0.2) is 0 Å². The van der Waals surface area contributed by atoms with Gasteiger partial charge in [-0.3, -0.25) is 0 Å². The van der Waals surface area contributed by atoms with Crippen molar-refractivity contribution in [3.05, 3.63) is 22.1 Å². The molecule has 2 aromatic heterocycles. The average Bonchev–Trinajstić information content (AvgIpc) is 2.57. The minimum absolute atomic E-state index is 0.382. The van der Waals surface area contributed by atoms with E-state index in [1.807, 2.05) is 13.8 Å². The van der Waals surface area contributed by atoms with Crippen LogP contribution in [0.25, 0.3) is 5.65 Å². The van der Waals surface area contributed by atoms with Crippen molar-refractivity contribution >= 4 is 17.2 Å². The molecule has 0 aromatic carbocycles. The number of hydrogen-bond donors (Lipinski definition) is 1. The van der Waals surface area contributed by atoms with Gasteiger partial charge in [0.25, 0.3) is 0 Å². The quantitative estimate of drug-likeness (QED) is 0.823. The fourth-order valence-corrected chi connectivity index (χ4v) is 1.69. The highest BCUT2D eigenvalue weighted by Gasteiger charge is 2.25. The number of fused-ring (bicyclic) bond motifs is 1. The minimum Gasteiger partial charge on any atom is -0.382 e. The van der Waals surface area contributed by atoms with Crippen LogP contribution in [0, 0.1) is 13.8 Å². The van der Waals surface area contributed by atoms with E-state index in [9.17, 15) is 5.11 Å². The average molecular weight is 241 g/mol. The van der Waals surface area contributed by atoms with Crippen LogP contribution in [0.3, 0.4) is 0 Å². The highest BCUT2D eigenvalue weighted by Crippen LogP contribution is 2.23. The second-order valence-corrected chi connectivity index (χ2v) is 4.72. The Balaban J connectivity index is 2.84. The number of hydrogen-bond acceptors (Lipinski definition) is 4. The maximum Gasteiger partial charge on any atom is 0.185 e. The molecule has 2 aromatic rings. The van der Waals surface area contributed by atoms with Gasteiger partial charge in [0.05, 0.1) is 0 Å². The predicted octanol–water partition coefficient (Wildman–Crippen LogP) is 1.62. The Morgan fingerprint density at radius 1 is 1.19 bits per heavy atom. The molecule has 0 radical (unpaired) electrons. The molecule has 0 spiro atoms. The Bertz CT molecular complexity index is 556. The molecule has 0 amide bonds. The maximum atomic E-state index is 9.92. The van der Waals surface area contributed by atoms with Gasteiger partial charge in [-0.15, -0.1) is 10.2 Å². The number of nitrogens with zero attached hydrogens (tertiary/aromatic N) is 4. The summed E-state index contributed by atoms with van der Waals surface area (Å²) in [6.07, 6.45) is 0. The van der Waals surface area contributed by atoms with Crippen molar-refractivity contribution in [2.45, 2.75) is 33.3 Å². The molecular weight excluding hydrogens is 228 g/mol. The number of rotatable bonds is 1. The van der Waals surface area contributed by atoms with E-state index in [4.69, 9.17) is 11.6 Å². The second-order valence-electron chi connectivity index (χ2n) is 4.36. The highest BCUT2D eigenvalue weighted by atomic mass is 35.5. The van der Waals surface area contributed by atoms with E-state index >= 15 is 0 Å². The lowest BCUT2D eigenvalue weighted by atomic mass is 10.1. The predicted molar refractivity (Wildman–Crippen MR) is 60.5 cm³/mol. The molecular formula is C10H13ClN4O. The van der Waals surface area contributed by atoms with E-state index in [1.54, 1.807) is 13.8 Å². The van der Waals surface area contributed by atoms with Crippen molar-refractivity contribution in [1.82, 2.24) is 19.8 Å². The Labute approximate surface area is 98.1 Å². The van der Waals surface area contributed by atoms with Gasteiger partial charge in [-0.2, -0.15) is 9.61 Å². The van der Waals surface area contributed by atoms with Crippen molar-refractivity contribution in [3.8, 4) is 0 Å². The van der Waals surface area contributed by atoms with Gasteiger partial charge in [0.15, 0.2) is 16.6 Å². The fourth-order valence-electron chi connectivity index (χ4n) is 1.48. The Morgan fingerprint density at radius 3 is 2.38 bits per heavy atom. The summed E-state index contributed by atoms with van der Waals surface area (Å²) in [5.74, 6) is 0.382. The van der Waals surface area contributed by atoms with Crippen molar-refractivity contribution < 1.29 is 5.11 Å². The second kappa shape index (κ2) is 3.40. The molecule has 0 saturated carbocycles. The third kappa shape index (κ3) is 1.56. The fraction of sp³-hybridized carbons (Fsp3) is 0.500. The van der Waals surface area contributed by atoms with Crippen molar-refractivity contribution in [1.29, 1.82) is 0 Å². The first-order chi connectivity index (χ1) is 7.32. The summed E-state index contributed by atoms with van der Waals surface area (Å²) >= 11 is 6.00. The summed E-state index contributed by atoms with van der Waals surface area (Å²) < 4.78 is 1.49. The van der Waals surface area contributed by atoms with Gasteiger partial charge in [-0.1, -0.05) is 11.6 Å². The standard InChI is InChI=1S/C10H13ClN4O/c1-5-6(2)8-12-13-9(10(3,4)16)15(8)14-7(5)11/h16H,1-4H3. The van der Waals surface area contributed by atoms with E-state index in [-0.39, 0.29) is 0 Å². The van der Waals surface area contributed by atoms with Crippen LogP contribution in [0.4, 0.5) is 0 Å². The molecule has 0 saturated heterocycles. The van der Waals surface area contributed by atoms with Gasteiger partial charge >= 0.3 is 0 Å². The first kappa shape index (κ1) is 11.3. The topological polar surface area (TPSA) is 63.3 Å². The lowest BCUT2D eigenvalue weighted by molar-refractivity contribution is 0.0664. The molecule has 1 N–H and O–H groups in total. The lowest BCUT2D eigenvalue weighted by Gasteiger charge is -2.14. The van der Waals surface area contributed by atoms with E-state index in [1.165, 1.54) is 4.52 Å². The Kier molecular flexibility index (Phi) is 2.40. The monoisotopic (exact) mass is 240 g/mol. The van der Waals surface area contributed by atoms with Gasteiger partial charge in [-0.25, -0.2) is 0 Å². The van der Waals surface area contributed by atoms with E-state index < -0.39 is 5.60 Å². The van der Waals surface area contributed by atoms with Gasteiger partial charge < -0.3 is 5.11 Å². The third-order valence-electron chi connectivity index (χ3n) is 2.58. The van der Waals surface area contributed by atoms with Crippen LogP contribution in [0.2, 0.25) is 5.15 Å². The number of aromatic nitrogens is 4. The molecule has 0 unspecified atom stereocenters. The van der Waals surface area contributed by atoms with Crippen molar-refractivity contribution in [2.75, 3.05) is 0 Å². The highest BCUT2D eigenvalue weighted by molar-refractivity contribution is 6.30. The SMILES string of the molecule is Cc1c(Cl)nn2c(C(C)(C)O)nnc2c1C. The lowest BCUT2D eigenvalue weighted by Crippen LogP contribution is -2.20. The normalized spacial score (nSPS) is 12.4. The summed E-state index contributed by atoms with van der Waals surface area (Å²) in [5, 5.41) is 22.4. The molecule has 2 rings (SSSR count). The maximum absolute atomic E-state index is 9.92. The summed E-state index contributed by atoms with van der Waals surface area (Å²) in [5.41, 5.74) is 1.32. The summed E-state index contributed by atoms with van der Waals surface area (Å²) in [6.45, 7) is 7.05. The molecule has 0 aliphatic rings. The van der Waals surface area contributed by atoms with Gasteiger partial charge in [0.1, 0.15) is 5.60 Å². The van der Waals surface area contributed by atoms with E-state index in [0.29, 0.717) is 16.6 Å². The zero-order valence-corrected chi connectivity index (χ0v) is 10.4.